The Balaban J connectivity index is 1.05. The van der Waals surface area contributed by atoms with Gasteiger partial charge in [0, 0.05) is 10.9 Å². The lowest BCUT2D eigenvalue weighted by Crippen LogP contribution is -1.97. The average molecular weight is 571 g/mol. The molecule has 0 bridgehead atoms. The Morgan fingerprint density at radius 2 is 0.844 bits per heavy atom. The highest BCUT2D eigenvalue weighted by atomic mass is 16.5. The van der Waals surface area contributed by atoms with E-state index in [2.05, 4.69) is 152 Å². The smallest absolute Gasteiger partial charge is 0.136 e. The summed E-state index contributed by atoms with van der Waals surface area (Å²) in [5.74, 6) is 1.85. The molecule has 0 aromatic heterocycles. The van der Waals surface area contributed by atoms with Crippen LogP contribution in [0.25, 0.3) is 87.2 Å². The summed E-state index contributed by atoms with van der Waals surface area (Å²) in [6.07, 6.45) is 0. The van der Waals surface area contributed by atoms with Crippen molar-refractivity contribution >= 4 is 53.9 Å². The lowest BCUT2D eigenvalue weighted by molar-refractivity contribution is 0.487. The predicted octanol–water partition coefficient (Wildman–Crippen LogP) is 12.6. The molecule has 10 rings (SSSR count). The summed E-state index contributed by atoms with van der Waals surface area (Å²) in [4.78, 5) is 0. The zero-order valence-electron chi connectivity index (χ0n) is 24.4. The van der Waals surface area contributed by atoms with E-state index in [1.165, 1.54) is 81.7 Å². The van der Waals surface area contributed by atoms with Gasteiger partial charge in [0.25, 0.3) is 0 Å². The predicted molar refractivity (Wildman–Crippen MR) is 190 cm³/mol. The molecule has 0 N–H and O–H groups in total. The molecular formula is C44H26O. The maximum atomic E-state index is 6.40. The minimum Gasteiger partial charge on any atom is -0.456 e. The molecule has 9 aromatic carbocycles. The van der Waals surface area contributed by atoms with Crippen molar-refractivity contribution in [3.63, 3.8) is 0 Å². The number of benzene rings is 9. The van der Waals surface area contributed by atoms with E-state index < -0.39 is 0 Å². The van der Waals surface area contributed by atoms with Gasteiger partial charge in [0.05, 0.1) is 0 Å². The molecule has 0 radical (unpaired) electrons. The number of para-hydroxylation sites is 1. The second-order valence-corrected chi connectivity index (χ2v) is 12.1. The van der Waals surface area contributed by atoms with Gasteiger partial charge in [0.2, 0.25) is 0 Å². The molecule has 0 fully saturated rings. The fourth-order valence-electron chi connectivity index (χ4n) is 7.35. The zero-order valence-corrected chi connectivity index (χ0v) is 24.4. The first-order valence-electron chi connectivity index (χ1n) is 15.5. The topological polar surface area (TPSA) is 9.23 Å². The lowest BCUT2D eigenvalue weighted by Gasteiger charge is -2.22. The van der Waals surface area contributed by atoms with Crippen LogP contribution in [-0.4, -0.2) is 0 Å². The maximum Gasteiger partial charge on any atom is 0.136 e. The number of hydrogen-bond acceptors (Lipinski definition) is 1. The van der Waals surface area contributed by atoms with Crippen molar-refractivity contribution in [2.45, 2.75) is 0 Å². The van der Waals surface area contributed by atoms with Crippen LogP contribution in [-0.2, 0) is 0 Å². The van der Waals surface area contributed by atoms with Crippen molar-refractivity contribution < 1.29 is 4.74 Å². The molecule has 208 valence electrons. The summed E-state index contributed by atoms with van der Waals surface area (Å²) < 4.78 is 6.40. The van der Waals surface area contributed by atoms with Crippen LogP contribution < -0.4 is 4.74 Å². The van der Waals surface area contributed by atoms with Gasteiger partial charge < -0.3 is 4.74 Å². The molecule has 1 heteroatoms. The normalized spacial score (nSPS) is 12.2. The van der Waals surface area contributed by atoms with Crippen LogP contribution in [0.4, 0.5) is 0 Å². The Morgan fingerprint density at radius 3 is 1.69 bits per heavy atom. The summed E-state index contributed by atoms with van der Waals surface area (Å²) in [5, 5.41) is 12.5. The Labute approximate surface area is 260 Å². The molecule has 0 saturated heterocycles. The highest BCUT2D eigenvalue weighted by Crippen LogP contribution is 2.48. The molecule has 1 aliphatic heterocycles. The third kappa shape index (κ3) is 3.74. The lowest BCUT2D eigenvalue weighted by atomic mass is 9.90. The van der Waals surface area contributed by atoms with Crippen molar-refractivity contribution in [3.05, 3.63) is 158 Å². The molecule has 0 atom stereocenters. The highest BCUT2D eigenvalue weighted by molar-refractivity contribution is 6.17. The van der Waals surface area contributed by atoms with Crippen molar-refractivity contribution in [2.24, 2.45) is 0 Å². The highest BCUT2D eigenvalue weighted by Gasteiger charge is 2.21. The Bertz CT molecular complexity index is 2680. The van der Waals surface area contributed by atoms with E-state index in [4.69, 9.17) is 4.74 Å². The molecule has 9 aromatic rings. The minimum atomic E-state index is 0.919. The van der Waals surface area contributed by atoms with E-state index in [0.717, 1.165) is 17.1 Å². The molecule has 1 aliphatic rings. The first-order valence-corrected chi connectivity index (χ1v) is 15.5. The molecule has 0 aliphatic carbocycles. The van der Waals surface area contributed by atoms with E-state index in [0.29, 0.717) is 0 Å². The molecule has 0 saturated carbocycles. The molecular weight excluding hydrogens is 544 g/mol. The summed E-state index contributed by atoms with van der Waals surface area (Å²) in [7, 11) is 0. The van der Waals surface area contributed by atoms with Gasteiger partial charge in [-0.05, 0) is 113 Å². The first-order chi connectivity index (χ1) is 22.3. The van der Waals surface area contributed by atoms with Gasteiger partial charge >= 0.3 is 0 Å². The molecule has 0 unspecified atom stereocenters. The third-order valence-electron chi connectivity index (χ3n) is 9.59. The zero-order chi connectivity index (χ0) is 29.5. The van der Waals surface area contributed by atoms with Gasteiger partial charge in [0.15, 0.2) is 0 Å². The number of fused-ring (bicyclic) bond motifs is 8. The van der Waals surface area contributed by atoms with Crippen LogP contribution in [0.15, 0.2) is 158 Å². The van der Waals surface area contributed by atoms with Crippen molar-refractivity contribution in [1.82, 2.24) is 0 Å². The fraction of sp³-hybridized carbons (Fsp3) is 0. The van der Waals surface area contributed by atoms with Crippen molar-refractivity contribution in [2.75, 3.05) is 0 Å². The van der Waals surface area contributed by atoms with Gasteiger partial charge in [-0.3, -0.25) is 0 Å². The maximum absolute atomic E-state index is 6.40. The van der Waals surface area contributed by atoms with Crippen LogP contribution in [0.2, 0.25) is 0 Å². The van der Waals surface area contributed by atoms with Crippen LogP contribution in [0, 0.1) is 0 Å². The molecule has 0 amide bonds. The fourth-order valence-corrected chi connectivity index (χ4v) is 7.35. The van der Waals surface area contributed by atoms with Crippen molar-refractivity contribution in [1.29, 1.82) is 0 Å². The minimum absolute atomic E-state index is 0.919. The number of ether oxygens (including phenoxy) is 1. The molecule has 1 nitrogen and oxygen atoms in total. The SMILES string of the molecule is c1ccc2c(c1)Oc1cc3ccc(-c4ccc5cc(-c6ccc7c(ccc8ccccc87)c6)ccc5c4)cc3c3cccc-2c13. The van der Waals surface area contributed by atoms with Gasteiger partial charge in [-0.25, -0.2) is 0 Å². The first kappa shape index (κ1) is 24.5. The van der Waals surface area contributed by atoms with E-state index >= 15 is 0 Å². The average Bonchev–Trinajstić information content (AvgIpc) is 3.11. The van der Waals surface area contributed by atoms with Gasteiger partial charge in [-0.15, -0.1) is 0 Å². The van der Waals surface area contributed by atoms with Crippen LogP contribution in [0.1, 0.15) is 0 Å². The number of hydrogen-bond donors (Lipinski definition) is 0. The van der Waals surface area contributed by atoms with Gasteiger partial charge in [-0.2, -0.15) is 0 Å². The summed E-state index contributed by atoms with van der Waals surface area (Å²) >= 11 is 0. The Morgan fingerprint density at radius 1 is 0.289 bits per heavy atom. The van der Waals surface area contributed by atoms with Crippen LogP contribution in [0.5, 0.6) is 11.5 Å². The van der Waals surface area contributed by atoms with E-state index in [1.807, 2.05) is 6.07 Å². The largest absolute Gasteiger partial charge is 0.456 e. The van der Waals surface area contributed by atoms with Gasteiger partial charge in [0.1, 0.15) is 11.5 Å². The molecule has 45 heavy (non-hydrogen) atoms. The van der Waals surface area contributed by atoms with E-state index in [1.54, 1.807) is 0 Å². The standard InChI is InChI=1S/C44H26O/c1-2-7-36-27(6-1)12-18-34-24-32(20-21-37(34)36)30-14-13-29-23-31(16-15-28(29)22-30)33-17-19-35-26-43-44-39(9-5-10-40(44)41(35)25-33)38-8-3-4-11-42(38)45-43/h1-26H. The van der Waals surface area contributed by atoms with Crippen LogP contribution in [0.3, 0.4) is 0 Å². The number of rotatable bonds is 2. The molecule has 0 spiro atoms. The van der Waals surface area contributed by atoms with E-state index in [9.17, 15) is 0 Å². The quantitative estimate of drug-likeness (QED) is 0.188. The van der Waals surface area contributed by atoms with Gasteiger partial charge in [-0.1, -0.05) is 121 Å². The summed E-state index contributed by atoms with van der Waals surface area (Å²) in [6.45, 7) is 0. The molecule has 1 heterocycles. The second-order valence-electron chi connectivity index (χ2n) is 12.1. The Hall–Kier alpha value is -5.92. The van der Waals surface area contributed by atoms with Crippen molar-refractivity contribution in [3.8, 4) is 44.9 Å². The second kappa shape index (κ2) is 9.29. The summed E-state index contributed by atoms with van der Waals surface area (Å²) in [6, 6.07) is 57.5. The third-order valence-corrected chi connectivity index (χ3v) is 9.59. The monoisotopic (exact) mass is 570 g/mol. The van der Waals surface area contributed by atoms with Crippen LogP contribution >= 0.6 is 0 Å². The van der Waals surface area contributed by atoms with E-state index in [-0.39, 0.29) is 0 Å². The Kier molecular flexibility index (Phi) is 5.06. The summed E-state index contributed by atoms with van der Waals surface area (Å²) in [5.41, 5.74) is 7.29.